The molecule has 1 aromatic heterocycles. The zero-order valence-electron chi connectivity index (χ0n) is 7.41. The molecule has 0 fully saturated rings. The number of carboxylic acid groups (broad SMARTS) is 2. The third-order valence-electron chi connectivity index (χ3n) is 1.45. The van der Waals surface area contributed by atoms with Crippen LogP contribution in [0.1, 0.15) is 20.4 Å². The van der Waals surface area contributed by atoms with Crippen LogP contribution in [0.3, 0.4) is 0 Å². The van der Waals surface area contributed by atoms with E-state index in [4.69, 9.17) is 10.2 Å². The van der Waals surface area contributed by atoms with Gasteiger partial charge < -0.3 is 10.2 Å². The third kappa shape index (κ3) is 2.69. The molecule has 88 valence electrons. The molecule has 0 saturated heterocycles. The number of hydrogen-bond donors (Lipinski definition) is 2. The van der Waals surface area contributed by atoms with E-state index >= 15 is 0 Å². The highest BCUT2D eigenvalue weighted by atomic mass is 32.1. The summed E-state index contributed by atoms with van der Waals surface area (Å²) in [6.07, 6.45) is -5.57. The first-order valence-corrected chi connectivity index (χ1v) is 4.55. The maximum absolute atomic E-state index is 12.2. The number of hydrogen-bond acceptors (Lipinski definition) is 4. The molecule has 1 heterocycles. The van der Waals surface area contributed by atoms with E-state index in [9.17, 15) is 22.8 Å². The van der Waals surface area contributed by atoms with Gasteiger partial charge in [-0.3, -0.25) is 4.79 Å². The summed E-state index contributed by atoms with van der Waals surface area (Å²) < 4.78 is 36.6. The van der Waals surface area contributed by atoms with E-state index in [1.165, 1.54) is 0 Å². The van der Waals surface area contributed by atoms with Crippen molar-refractivity contribution in [1.82, 2.24) is 4.98 Å². The summed E-state index contributed by atoms with van der Waals surface area (Å²) in [5, 5.41) is 15.6. The minimum atomic E-state index is -4.77. The predicted octanol–water partition coefficient (Wildman–Crippen LogP) is 1.49. The van der Waals surface area contributed by atoms with Gasteiger partial charge in [-0.15, -0.1) is 11.3 Å². The van der Waals surface area contributed by atoms with Gasteiger partial charge in [0.05, 0.1) is 11.3 Å². The molecule has 0 bridgehead atoms. The quantitative estimate of drug-likeness (QED) is 0.854. The summed E-state index contributed by atoms with van der Waals surface area (Å²) in [6, 6.07) is 0. The number of aromatic carboxylic acids is 1. The number of halogens is 3. The summed E-state index contributed by atoms with van der Waals surface area (Å²) in [7, 11) is 0. The first kappa shape index (κ1) is 12.4. The van der Waals surface area contributed by atoms with Crippen LogP contribution >= 0.6 is 11.3 Å². The normalized spacial score (nSPS) is 11.4. The number of aliphatic carboxylic acids is 1. The van der Waals surface area contributed by atoms with Gasteiger partial charge in [0.2, 0.25) is 0 Å². The Morgan fingerprint density at radius 2 is 1.88 bits per heavy atom. The number of rotatable bonds is 3. The Morgan fingerprint density at radius 1 is 1.31 bits per heavy atom. The molecule has 16 heavy (non-hydrogen) atoms. The second-order valence-electron chi connectivity index (χ2n) is 2.66. The average Bonchev–Trinajstić information content (AvgIpc) is 2.45. The Morgan fingerprint density at radius 3 is 2.25 bits per heavy atom. The van der Waals surface area contributed by atoms with E-state index in [0.29, 0.717) is 0 Å². The van der Waals surface area contributed by atoms with Crippen molar-refractivity contribution < 1.29 is 33.0 Å². The van der Waals surface area contributed by atoms with Gasteiger partial charge in [-0.25, -0.2) is 9.78 Å². The Bertz CT molecular complexity index is 439. The van der Waals surface area contributed by atoms with Crippen molar-refractivity contribution in [2.75, 3.05) is 0 Å². The average molecular weight is 255 g/mol. The zero-order chi connectivity index (χ0) is 12.5. The summed E-state index contributed by atoms with van der Waals surface area (Å²) in [4.78, 5) is 23.3. The molecule has 0 spiro atoms. The van der Waals surface area contributed by atoms with E-state index < -0.39 is 40.1 Å². The molecular weight excluding hydrogens is 251 g/mol. The minimum Gasteiger partial charge on any atom is -0.481 e. The highest BCUT2D eigenvalue weighted by molar-refractivity contribution is 7.12. The van der Waals surface area contributed by atoms with E-state index in [2.05, 4.69) is 4.98 Å². The van der Waals surface area contributed by atoms with Crippen LogP contribution in [-0.4, -0.2) is 27.1 Å². The lowest BCUT2D eigenvalue weighted by Gasteiger charge is -1.98. The number of nitrogens with zero attached hydrogens (tertiary/aromatic N) is 1. The lowest BCUT2D eigenvalue weighted by Crippen LogP contribution is -2.07. The monoisotopic (exact) mass is 255 g/mol. The molecule has 0 atom stereocenters. The van der Waals surface area contributed by atoms with E-state index in [1.807, 2.05) is 0 Å². The molecule has 5 nitrogen and oxygen atoms in total. The molecule has 0 saturated carbocycles. The molecule has 0 aliphatic carbocycles. The molecule has 1 rings (SSSR count). The first-order chi connectivity index (χ1) is 7.21. The van der Waals surface area contributed by atoms with E-state index in [-0.39, 0.29) is 11.3 Å². The van der Waals surface area contributed by atoms with Crippen LogP contribution in [0.5, 0.6) is 0 Å². The zero-order valence-corrected chi connectivity index (χ0v) is 8.22. The molecule has 2 N–H and O–H groups in total. The maximum atomic E-state index is 12.2. The minimum absolute atomic E-state index is 0.0253. The van der Waals surface area contributed by atoms with Crippen LogP contribution in [-0.2, 0) is 17.4 Å². The van der Waals surface area contributed by atoms with Gasteiger partial charge >= 0.3 is 18.1 Å². The first-order valence-electron chi connectivity index (χ1n) is 3.73. The smallest absolute Gasteiger partial charge is 0.443 e. The number of thiazole rings is 1. The van der Waals surface area contributed by atoms with Crippen molar-refractivity contribution in [2.24, 2.45) is 0 Å². The van der Waals surface area contributed by atoms with Crippen LogP contribution in [0.2, 0.25) is 0 Å². The van der Waals surface area contributed by atoms with E-state index in [0.717, 1.165) is 0 Å². The second-order valence-corrected chi connectivity index (χ2v) is 3.75. The summed E-state index contributed by atoms with van der Waals surface area (Å²) in [5.41, 5.74) is -0.861. The molecule has 0 aliphatic rings. The van der Waals surface area contributed by atoms with Gasteiger partial charge in [0, 0.05) is 0 Å². The van der Waals surface area contributed by atoms with Gasteiger partial charge in [-0.1, -0.05) is 0 Å². The van der Waals surface area contributed by atoms with Crippen LogP contribution in [0.4, 0.5) is 13.2 Å². The highest BCUT2D eigenvalue weighted by Gasteiger charge is 2.37. The Hall–Kier alpha value is -1.64. The molecule has 1 aromatic rings. The molecule has 0 radical (unpaired) electrons. The number of carboxylic acids is 2. The lowest BCUT2D eigenvalue weighted by atomic mass is 10.3. The predicted molar refractivity (Wildman–Crippen MR) is 45.4 cm³/mol. The summed E-state index contributed by atoms with van der Waals surface area (Å²) in [6.45, 7) is 0. The van der Waals surface area contributed by atoms with Crippen molar-refractivity contribution in [3.8, 4) is 0 Å². The van der Waals surface area contributed by atoms with Crippen LogP contribution in [0.15, 0.2) is 0 Å². The number of aromatic nitrogens is 1. The molecule has 0 amide bonds. The highest BCUT2D eigenvalue weighted by Crippen LogP contribution is 2.34. The Labute approximate surface area is 90.2 Å². The molecule has 0 aromatic carbocycles. The van der Waals surface area contributed by atoms with Gasteiger partial charge in [0.15, 0.2) is 10.7 Å². The van der Waals surface area contributed by atoms with Crippen molar-refractivity contribution in [2.45, 2.75) is 12.6 Å². The standard InChI is InChI=1S/C7H4F3NO4S/c8-7(9,10)6-11-4(5(14)15)2(16-6)1-3(12)13/h1H2,(H,12,13)(H,14,15). The van der Waals surface area contributed by atoms with Gasteiger partial charge in [0.25, 0.3) is 0 Å². The number of carbonyl (C=O) groups is 2. The van der Waals surface area contributed by atoms with Crippen LogP contribution in [0, 0.1) is 0 Å². The van der Waals surface area contributed by atoms with Gasteiger partial charge in [0.1, 0.15) is 0 Å². The van der Waals surface area contributed by atoms with Crippen molar-refractivity contribution >= 4 is 23.3 Å². The lowest BCUT2D eigenvalue weighted by molar-refractivity contribution is -0.138. The van der Waals surface area contributed by atoms with Crippen molar-refractivity contribution in [3.63, 3.8) is 0 Å². The molecule has 0 unspecified atom stereocenters. The summed E-state index contributed by atoms with van der Waals surface area (Å²) >= 11 is 0.0253. The summed E-state index contributed by atoms with van der Waals surface area (Å²) in [5.74, 6) is -3.09. The van der Waals surface area contributed by atoms with Crippen LogP contribution < -0.4 is 0 Å². The fourth-order valence-electron chi connectivity index (χ4n) is 0.897. The molecule has 9 heteroatoms. The maximum Gasteiger partial charge on any atom is 0.443 e. The van der Waals surface area contributed by atoms with Crippen molar-refractivity contribution in [1.29, 1.82) is 0 Å². The van der Waals surface area contributed by atoms with Crippen molar-refractivity contribution in [3.05, 3.63) is 15.6 Å². The van der Waals surface area contributed by atoms with Gasteiger partial charge in [-0.2, -0.15) is 13.2 Å². The number of alkyl halides is 3. The fourth-order valence-corrected chi connectivity index (χ4v) is 1.81. The second kappa shape index (κ2) is 4.08. The SMILES string of the molecule is O=C(O)Cc1sc(C(F)(F)F)nc1C(=O)O. The largest absolute Gasteiger partial charge is 0.481 e. The fraction of sp³-hybridized carbons (Fsp3) is 0.286. The Kier molecular flexibility index (Phi) is 3.17. The van der Waals surface area contributed by atoms with E-state index in [1.54, 1.807) is 0 Å². The van der Waals surface area contributed by atoms with Crippen LogP contribution in [0.25, 0.3) is 0 Å². The Balaban J connectivity index is 3.20. The topological polar surface area (TPSA) is 87.5 Å². The molecule has 0 aliphatic heterocycles. The third-order valence-corrected chi connectivity index (χ3v) is 2.55. The molecular formula is C7H4F3NO4S. The van der Waals surface area contributed by atoms with Gasteiger partial charge in [-0.05, 0) is 0 Å².